The molecule has 0 aromatic heterocycles. The van der Waals surface area contributed by atoms with Crippen molar-refractivity contribution in [2.45, 2.75) is 19.4 Å². The zero-order chi connectivity index (χ0) is 7.82. The van der Waals surface area contributed by atoms with Crippen molar-refractivity contribution in [3.63, 3.8) is 0 Å². The first kappa shape index (κ1) is 10.1. The van der Waals surface area contributed by atoms with Crippen LogP contribution in [-0.4, -0.2) is 12.7 Å². The predicted octanol–water partition coefficient (Wildman–Crippen LogP) is 1.68. The quantitative estimate of drug-likeness (QED) is 0.465. The van der Waals surface area contributed by atoms with Crippen molar-refractivity contribution in [3.05, 3.63) is 0 Å². The third-order valence-electron chi connectivity index (χ3n) is 0.935. The highest BCUT2D eigenvalue weighted by molar-refractivity contribution is 7.17. The number of hydrogen-bond acceptors (Lipinski definition) is 4. The fourth-order valence-corrected chi connectivity index (χ4v) is 0.891. The zero-order valence-corrected chi connectivity index (χ0v) is 7.62. The first-order valence-corrected chi connectivity index (χ1v) is 4.46. The van der Waals surface area contributed by atoms with Gasteiger partial charge in [-0.3, -0.25) is 0 Å². The van der Waals surface area contributed by atoms with Gasteiger partial charge in [-0.05, 0) is 16.1 Å². The van der Waals surface area contributed by atoms with Crippen molar-refractivity contribution >= 4 is 17.4 Å². The monoisotopic (exact) mass is 184 g/mol. The van der Waals surface area contributed by atoms with Crippen LogP contribution in [0.15, 0.2) is 0 Å². The van der Waals surface area contributed by atoms with Crippen LogP contribution < -0.4 is 0 Å². The van der Waals surface area contributed by atoms with Gasteiger partial charge in [-0.25, -0.2) is 0 Å². The Bertz CT molecular complexity index is 107. The van der Waals surface area contributed by atoms with E-state index in [0.29, 0.717) is 13.0 Å². The molecule has 0 aliphatic carbocycles. The molecule has 10 heavy (non-hydrogen) atoms. The van der Waals surface area contributed by atoms with Gasteiger partial charge in [0.2, 0.25) is 0 Å². The van der Waals surface area contributed by atoms with Crippen LogP contribution >= 0.6 is 17.4 Å². The molecule has 3 atom stereocenters. The summed E-state index contributed by atoms with van der Waals surface area (Å²) in [6, 6.07) is 0. The molecule has 0 spiro atoms. The Hall–Kier alpha value is 0.120. The lowest BCUT2D eigenvalue weighted by Gasteiger charge is -1.96. The molecule has 0 radical (unpaired) electrons. The van der Waals surface area contributed by atoms with Gasteiger partial charge in [0.05, 0.1) is 0 Å². The van der Waals surface area contributed by atoms with E-state index in [2.05, 4.69) is 9.05 Å². The van der Waals surface area contributed by atoms with Gasteiger partial charge in [-0.15, -0.1) is 9.05 Å². The molecular formula is C4H10O4P2+2. The van der Waals surface area contributed by atoms with E-state index in [1.807, 2.05) is 0 Å². The summed E-state index contributed by atoms with van der Waals surface area (Å²) in [6.45, 7) is 2.16. The largest absolute Gasteiger partial charge is 0.494 e. The standard InChI is InChI=1S/C4H10O4P2/c1-4(8-10-6)2-3-7-9-5/h4,9-10H,2-3H2,1H3/q+2. The summed E-state index contributed by atoms with van der Waals surface area (Å²) in [5.41, 5.74) is 0. The molecule has 0 amide bonds. The normalized spacial score (nSPS) is 14.1. The van der Waals surface area contributed by atoms with E-state index in [1.54, 1.807) is 6.92 Å². The van der Waals surface area contributed by atoms with Crippen molar-refractivity contribution in [1.82, 2.24) is 0 Å². The van der Waals surface area contributed by atoms with E-state index in [1.165, 1.54) is 0 Å². The van der Waals surface area contributed by atoms with Crippen molar-refractivity contribution in [3.8, 4) is 0 Å². The van der Waals surface area contributed by atoms with Crippen molar-refractivity contribution < 1.29 is 18.2 Å². The van der Waals surface area contributed by atoms with Crippen LogP contribution in [0.5, 0.6) is 0 Å². The highest BCUT2D eigenvalue weighted by Crippen LogP contribution is 2.07. The Kier molecular flexibility index (Phi) is 7.32. The molecule has 0 fully saturated rings. The van der Waals surface area contributed by atoms with Crippen LogP contribution in [0, 0.1) is 0 Å². The molecule has 0 aromatic rings. The summed E-state index contributed by atoms with van der Waals surface area (Å²) < 4.78 is 28.9. The molecule has 6 heteroatoms. The van der Waals surface area contributed by atoms with Gasteiger partial charge < -0.3 is 0 Å². The summed E-state index contributed by atoms with van der Waals surface area (Å²) in [6.07, 6.45) is 0.525. The molecule has 0 aliphatic heterocycles. The maximum atomic E-state index is 9.88. The van der Waals surface area contributed by atoms with Gasteiger partial charge in [0, 0.05) is 6.42 Å². The minimum Gasteiger partial charge on any atom is -0.148 e. The molecule has 0 saturated carbocycles. The summed E-state index contributed by atoms with van der Waals surface area (Å²) in [5, 5.41) is 0. The molecule has 0 bridgehead atoms. The van der Waals surface area contributed by atoms with Crippen molar-refractivity contribution in [2.24, 2.45) is 0 Å². The van der Waals surface area contributed by atoms with Gasteiger partial charge in [0.1, 0.15) is 12.7 Å². The minimum absolute atomic E-state index is 0.0906. The fraction of sp³-hybridized carbons (Fsp3) is 1.00. The molecule has 0 saturated heterocycles. The first-order chi connectivity index (χ1) is 4.81. The summed E-state index contributed by atoms with van der Waals surface area (Å²) in [7, 11) is -1.45. The highest BCUT2D eigenvalue weighted by atomic mass is 31.1. The SMILES string of the molecule is CC(CCO[PH+]=O)O[PH+]=O. The summed E-state index contributed by atoms with van der Waals surface area (Å²) >= 11 is 0. The van der Waals surface area contributed by atoms with E-state index in [-0.39, 0.29) is 6.10 Å². The smallest absolute Gasteiger partial charge is 0.148 e. The lowest BCUT2D eigenvalue weighted by Crippen LogP contribution is -2.03. The molecule has 58 valence electrons. The third kappa shape index (κ3) is 6.24. The van der Waals surface area contributed by atoms with Gasteiger partial charge >= 0.3 is 17.4 Å². The van der Waals surface area contributed by atoms with Crippen LogP contribution in [0.25, 0.3) is 0 Å². The van der Waals surface area contributed by atoms with E-state index in [4.69, 9.17) is 0 Å². The van der Waals surface area contributed by atoms with Gasteiger partial charge in [-0.2, -0.15) is 0 Å². The molecule has 3 unspecified atom stereocenters. The van der Waals surface area contributed by atoms with Crippen LogP contribution in [0.4, 0.5) is 0 Å². The highest BCUT2D eigenvalue weighted by Gasteiger charge is 2.07. The topological polar surface area (TPSA) is 52.6 Å². The van der Waals surface area contributed by atoms with E-state index < -0.39 is 17.4 Å². The predicted molar refractivity (Wildman–Crippen MR) is 39.1 cm³/mol. The van der Waals surface area contributed by atoms with E-state index >= 15 is 0 Å². The van der Waals surface area contributed by atoms with Gasteiger partial charge in [0.15, 0.2) is 0 Å². The van der Waals surface area contributed by atoms with E-state index in [9.17, 15) is 9.13 Å². The third-order valence-corrected chi connectivity index (χ3v) is 1.76. The Balaban J connectivity index is 3.11. The molecule has 0 rings (SSSR count). The average molecular weight is 184 g/mol. The lowest BCUT2D eigenvalue weighted by molar-refractivity contribution is 0.199. The van der Waals surface area contributed by atoms with Crippen LogP contribution in [0.3, 0.4) is 0 Å². The van der Waals surface area contributed by atoms with Crippen molar-refractivity contribution in [1.29, 1.82) is 0 Å². The molecule has 0 aliphatic rings. The van der Waals surface area contributed by atoms with Gasteiger partial charge in [-0.1, -0.05) is 0 Å². The molecule has 0 N–H and O–H groups in total. The molecule has 4 nitrogen and oxygen atoms in total. The summed E-state index contributed by atoms with van der Waals surface area (Å²) in [5.74, 6) is 0. The Morgan fingerprint density at radius 2 is 2.10 bits per heavy atom. The van der Waals surface area contributed by atoms with Gasteiger partial charge in [0.25, 0.3) is 0 Å². The second-order valence-electron chi connectivity index (χ2n) is 1.73. The van der Waals surface area contributed by atoms with Crippen LogP contribution in [0.2, 0.25) is 0 Å². The molecular weight excluding hydrogens is 174 g/mol. The maximum Gasteiger partial charge on any atom is 0.494 e. The zero-order valence-electron chi connectivity index (χ0n) is 5.62. The minimum atomic E-state index is -0.731. The molecule has 0 aromatic carbocycles. The summed E-state index contributed by atoms with van der Waals surface area (Å²) in [4.78, 5) is 0. The second-order valence-corrected chi connectivity index (χ2v) is 2.59. The van der Waals surface area contributed by atoms with E-state index in [0.717, 1.165) is 0 Å². The van der Waals surface area contributed by atoms with Crippen LogP contribution in [0.1, 0.15) is 13.3 Å². The maximum absolute atomic E-state index is 9.88. The van der Waals surface area contributed by atoms with Crippen molar-refractivity contribution in [2.75, 3.05) is 6.61 Å². The Labute approximate surface area is 62.5 Å². The number of hydrogen-bond donors (Lipinski definition) is 0. The first-order valence-electron chi connectivity index (χ1n) is 2.83. The lowest BCUT2D eigenvalue weighted by atomic mass is 10.3. The average Bonchev–Trinajstić information content (AvgIpc) is 1.89. The Morgan fingerprint density at radius 1 is 1.40 bits per heavy atom. The number of rotatable bonds is 6. The second kappa shape index (κ2) is 7.23. The van der Waals surface area contributed by atoms with Crippen LogP contribution in [-0.2, 0) is 18.2 Å². The fourth-order valence-electron chi connectivity index (χ4n) is 0.408. The Morgan fingerprint density at radius 3 is 2.60 bits per heavy atom. The molecule has 0 heterocycles.